The number of aromatic nitrogens is 1. The van der Waals surface area contributed by atoms with Crippen LogP contribution >= 0.6 is 38.6 Å². The number of rotatable bonds is 3. The van der Waals surface area contributed by atoms with E-state index in [9.17, 15) is 4.79 Å². The number of thiazole rings is 1. The number of carbonyl (C=O) groups is 1. The second-order valence-corrected chi connectivity index (χ2v) is 9.14. The van der Waals surface area contributed by atoms with Crippen molar-refractivity contribution in [3.8, 4) is 16.0 Å². The zero-order valence-electron chi connectivity index (χ0n) is 15.0. The standard InChI is InChI=1S/C20H17BrN4OS2/c21-15-10-18(27-12-15)19-23-17(13-28-19)20(26)25-7-1-6-24(8-9-25)16-4-2-14(11-22)3-5-16/h2-5,10,12-13H,1,6-9H2. The summed E-state index contributed by atoms with van der Waals surface area (Å²) in [6.45, 7) is 3.05. The van der Waals surface area contributed by atoms with Crippen molar-refractivity contribution in [2.24, 2.45) is 0 Å². The Kier molecular flexibility index (Phi) is 5.76. The molecule has 1 saturated heterocycles. The average Bonchev–Trinajstić information content (AvgIpc) is 3.30. The van der Waals surface area contributed by atoms with Gasteiger partial charge < -0.3 is 9.80 Å². The van der Waals surface area contributed by atoms with Gasteiger partial charge in [0.15, 0.2) is 0 Å². The summed E-state index contributed by atoms with van der Waals surface area (Å²) >= 11 is 6.59. The maximum absolute atomic E-state index is 12.9. The highest BCUT2D eigenvalue weighted by molar-refractivity contribution is 9.10. The highest BCUT2D eigenvalue weighted by Crippen LogP contribution is 2.32. The molecule has 0 radical (unpaired) electrons. The first-order valence-corrected chi connectivity index (χ1v) is 11.4. The van der Waals surface area contributed by atoms with E-state index in [0.717, 1.165) is 46.1 Å². The molecule has 1 amide bonds. The van der Waals surface area contributed by atoms with Gasteiger partial charge in [-0.3, -0.25) is 4.79 Å². The summed E-state index contributed by atoms with van der Waals surface area (Å²) < 4.78 is 1.03. The summed E-state index contributed by atoms with van der Waals surface area (Å²) in [5.74, 6) is -0.000185. The number of nitriles is 1. The molecule has 8 heteroatoms. The van der Waals surface area contributed by atoms with Gasteiger partial charge in [0, 0.05) is 47.1 Å². The number of anilines is 1. The Morgan fingerprint density at radius 2 is 1.93 bits per heavy atom. The van der Waals surface area contributed by atoms with Crippen LogP contribution in [-0.2, 0) is 0 Å². The number of carbonyl (C=O) groups excluding carboxylic acids is 1. The van der Waals surface area contributed by atoms with Gasteiger partial charge in [-0.1, -0.05) is 0 Å². The van der Waals surface area contributed by atoms with Crippen LogP contribution in [0.1, 0.15) is 22.5 Å². The lowest BCUT2D eigenvalue weighted by Crippen LogP contribution is -2.35. The largest absolute Gasteiger partial charge is 0.370 e. The molecule has 1 fully saturated rings. The number of hydrogen-bond donors (Lipinski definition) is 0. The van der Waals surface area contributed by atoms with Crippen molar-refractivity contribution in [2.75, 3.05) is 31.1 Å². The smallest absolute Gasteiger partial charge is 0.273 e. The third kappa shape index (κ3) is 4.12. The second kappa shape index (κ2) is 8.43. The lowest BCUT2D eigenvalue weighted by molar-refractivity contribution is 0.0762. The summed E-state index contributed by atoms with van der Waals surface area (Å²) in [7, 11) is 0. The van der Waals surface area contributed by atoms with E-state index in [1.165, 1.54) is 11.3 Å². The van der Waals surface area contributed by atoms with Crippen LogP contribution in [0.15, 0.2) is 45.6 Å². The van der Waals surface area contributed by atoms with E-state index in [4.69, 9.17) is 5.26 Å². The topological polar surface area (TPSA) is 60.2 Å². The fourth-order valence-electron chi connectivity index (χ4n) is 3.20. The maximum Gasteiger partial charge on any atom is 0.273 e. The number of halogens is 1. The summed E-state index contributed by atoms with van der Waals surface area (Å²) in [4.78, 5) is 22.7. The molecular formula is C20H17BrN4OS2. The van der Waals surface area contributed by atoms with Crippen molar-refractivity contribution in [1.29, 1.82) is 5.26 Å². The number of benzene rings is 1. The van der Waals surface area contributed by atoms with Gasteiger partial charge in [0.2, 0.25) is 0 Å². The van der Waals surface area contributed by atoms with E-state index in [1.807, 2.05) is 46.0 Å². The fourth-order valence-corrected chi connectivity index (χ4v) is 5.50. The van der Waals surface area contributed by atoms with Gasteiger partial charge in [-0.05, 0) is 52.7 Å². The molecule has 0 N–H and O–H groups in total. The Morgan fingerprint density at radius 3 is 2.64 bits per heavy atom. The van der Waals surface area contributed by atoms with Gasteiger partial charge >= 0.3 is 0 Å². The van der Waals surface area contributed by atoms with E-state index < -0.39 is 0 Å². The van der Waals surface area contributed by atoms with Crippen LogP contribution in [0, 0.1) is 11.3 Å². The molecule has 3 aromatic rings. The van der Waals surface area contributed by atoms with Gasteiger partial charge in [-0.25, -0.2) is 4.98 Å². The Bertz CT molecular complexity index is 1020. The molecule has 0 spiro atoms. The predicted molar refractivity (Wildman–Crippen MR) is 117 cm³/mol. The zero-order valence-corrected chi connectivity index (χ0v) is 18.2. The molecule has 1 aliphatic rings. The average molecular weight is 473 g/mol. The molecule has 5 nitrogen and oxygen atoms in total. The van der Waals surface area contributed by atoms with Crippen molar-refractivity contribution in [3.63, 3.8) is 0 Å². The number of thiophene rings is 1. The van der Waals surface area contributed by atoms with Crippen LogP contribution < -0.4 is 4.90 Å². The fraction of sp³-hybridized carbons (Fsp3) is 0.250. The van der Waals surface area contributed by atoms with Crippen LogP contribution in [0.25, 0.3) is 9.88 Å². The molecule has 0 saturated carbocycles. The highest BCUT2D eigenvalue weighted by Gasteiger charge is 2.23. The molecule has 3 heterocycles. The predicted octanol–water partition coefficient (Wildman–Crippen LogP) is 4.86. The molecule has 28 heavy (non-hydrogen) atoms. The van der Waals surface area contributed by atoms with Crippen molar-refractivity contribution in [1.82, 2.24) is 9.88 Å². The molecule has 0 bridgehead atoms. The Labute approximate surface area is 180 Å². The van der Waals surface area contributed by atoms with Crippen LogP contribution in [0.4, 0.5) is 5.69 Å². The van der Waals surface area contributed by atoms with E-state index in [-0.39, 0.29) is 5.91 Å². The van der Waals surface area contributed by atoms with Crippen LogP contribution in [-0.4, -0.2) is 42.0 Å². The number of amides is 1. The Morgan fingerprint density at radius 1 is 1.11 bits per heavy atom. The molecule has 0 aliphatic carbocycles. The van der Waals surface area contributed by atoms with E-state index in [0.29, 0.717) is 17.8 Å². The van der Waals surface area contributed by atoms with E-state index in [2.05, 4.69) is 31.9 Å². The van der Waals surface area contributed by atoms with Gasteiger partial charge in [0.25, 0.3) is 5.91 Å². The summed E-state index contributed by atoms with van der Waals surface area (Å²) in [6, 6.07) is 11.8. The molecule has 1 aliphatic heterocycles. The van der Waals surface area contributed by atoms with Crippen LogP contribution in [0.5, 0.6) is 0 Å². The third-order valence-electron chi connectivity index (χ3n) is 4.65. The summed E-state index contributed by atoms with van der Waals surface area (Å²) in [5.41, 5.74) is 2.27. The Balaban J connectivity index is 1.43. The van der Waals surface area contributed by atoms with E-state index in [1.54, 1.807) is 11.3 Å². The van der Waals surface area contributed by atoms with Crippen molar-refractivity contribution >= 4 is 50.2 Å². The second-order valence-electron chi connectivity index (χ2n) is 6.46. The minimum absolute atomic E-state index is 0.000185. The summed E-state index contributed by atoms with van der Waals surface area (Å²) in [6.07, 6.45) is 0.903. The normalized spacial score (nSPS) is 14.6. The quantitative estimate of drug-likeness (QED) is 0.545. The molecule has 1 aromatic carbocycles. The Hall–Kier alpha value is -2.21. The first-order chi connectivity index (χ1) is 13.6. The van der Waals surface area contributed by atoms with Gasteiger partial charge in [-0.15, -0.1) is 22.7 Å². The number of hydrogen-bond acceptors (Lipinski definition) is 6. The minimum Gasteiger partial charge on any atom is -0.370 e. The van der Waals surface area contributed by atoms with Gasteiger partial charge in [0.05, 0.1) is 16.5 Å². The SMILES string of the molecule is N#Cc1ccc(N2CCCN(C(=O)c3csc(-c4cc(Br)cs4)n3)CC2)cc1. The van der Waals surface area contributed by atoms with Crippen molar-refractivity contribution in [3.05, 3.63) is 56.8 Å². The summed E-state index contributed by atoms with van der Waals surface area (Å²) in [5, 5.41) is 13.7. The highest BCUT2D eigenvalue weighted by atomic mass is 79.9. The van der Waals surface area contributed by atoms with Crippen molar-refractivity contribution in [2.45, 2.75) is 6.42 Å². The van der Waals surface area contributed by atoms with E-state index >= 15 is 0 Å². The molecule has 2 aromatic heterocycles. The van der Waals surface area contributed by atoms with Crippen LogP contribution in [0.2, 0.25) is 0 Å². The molecule has 4 rings (SSSR count). The molecular weight excluding hydrogens is 456 g/mol. The maximum atomic E-state index is 12.9. The van der Waals surface area contributed by atoms with Crippen LogP contribution in [0.3, 0.4) is 0 Å². The first-order valence-electron chi connectivity index (χ1n) is 8.88. The molecule has 0 unspecified atom stereocenters. The third-order valence-corrected chi connectivity index (χ3v) is 7.35. The monoisotopic (exact) mass is 472 g/mol. The molecule has 142 valence electrons. The van der Waals surface area contributed by atoms with Crippen molar-refractivity contribution < 1.29 is 4.79 Å². The zero-order chi connectivity index (χ0) is 19.5. The lowest BCUT2D eigenvalue weighted by atomic mass is 10.2. The van der Waals surface area contributed by atoms with Gasteiger partial charge in [-0.2, -0.15) is 5.26 Å². The lowest BCUT2D eigenvalue weighted by Gasteiger charge is -2.23. The number of nitrogens with zero attached hydrogens (tertiary/aromatic N) is 4. The van der Waals surface area contributed by atoms with Gasteiger partial charge in [0.1, 0.15) is 10.7 Å². The first kappa shape index (κ1) is 19.1. The molecule has 0 atom stereocenters. The minimum atomic E-state index is -0.000185.